The fraction of sp³-hybridized carbons (Fsp3) is 0.125. The highest BCUT2D eigenvalue weighted by molar-refractivity contribution is 6.37. The minimum Gasteiger partial charge on any atom is -0.452 e. The predicted molar refractivity (Wildman–Crippen MR) is 96.0 cm³/mol. The van der Waals surface area contributed by atoms with E-state index in [4.69, 9.17) is 45.3 Å². The normalized spacial score (nSPS) is 10.3. The van der Waals surface area contributed by atoms with Gasteiger partial charge in [-0.25, -0.2) is 4.79 Å². The summed E-state index contributed by atoms with van der Waals surface area (Å²) in [5, 5.41) is 3.46. The Kier molecular flexibility index (Phi) is 5.94. The number of esters is 1. The van der Waals surface area contributed by atoms with Gasteiger partial charge in [0, 0.05) is 15.7 Å². The number of benzene rings is 2. The van der Waals surface area contributed by atoms with E-state index in [1.807, 2.05) is 6.92 Å². The number of halogens is 3. The van der Waals surface area contributed by atoms with E-state index >= 15 is 0 Å². The van der Waals surface area contributed by atoms with Crippen molar-refractivity contribution in [1.82, 2.24) is 0 Å². The van der Waals surface area contributed by atoms with Gasteiger partial charge in [-0.1, -0.05) is 40.9 Å². The molecule has 0 atom stereocenters. The number of nitrogens with two attached hydrogens (primary N) is 1. The van der Waals surface area contributed by atoms with Crippen molar-refractivity contribution in [2.45, 2.75) is 6.92 Å². The Labute approximate surface area is 153 Å². The topological polar surface area (TPSA) is 81.4 Å². The monoisotopic (exact) mass is 386 g/mol. The first kappa shape index (κ1) is 18.4. The van der Waals surface area contributed by atoms with Crippen molar-refractivity contribution in [3.8, 4) is 0 Å². The molecule has 0 aliphatic carbocycles. The lowest BCUT2D eigenvalue weighted by Crippen LogP contribution is -2.21. The van der Waals surface area contributed by atoms with Gasteiger partial charge >= 0.3 is 5.97 Å². The number of rotatable bonds is 4. The molecule has 0 radical (unpaired) electrons. The van der Waals surface area contributed by atoms with E-state index in [1.165, 1.54) is 12.1 Å². The summed E-state index contributed by atoms with van der Waals surface area (Å²) in [5.41, 5.74) is 7.11. The first-order valence-corrected chi connectivity index (χ1v) is 7.89. The van der Waals surface area contributed by atoms with Crippen LogP contribution in [0.15, 0.2) is 30.3 Å². The minimum absolute atomic E-state index is 0.000707. The molecule has 0 aromatic heterocycles. The van der Waals surface area contributed by atoms with Crippen LogP contribution in [0.4, 0.5) is 11.4 Å². The Morgan fingerprint density at radius 2 is 1.83 bits per heavy atom. The van der Waals surface area contributed by atoms with Crippen LogP contribution in [0.5, 0.6) is 0 Å². The number of amides is 1. The standard InChI is InChI=1S/C16H13Cl3N2O3/c1-8-2-3-9(17)6-13(8)21-14(22)7-24-16(23)11-4-10(18)5-12(19)15(11)20/h2-6H,7,20H2,1H3,(H,21,22). The Morgan fingerprint density at radius 1 is 1.12 bits per heavy atom. The molecule has 126 valence electrons. The SMILES string of the molecule is Cc1ccc(Cl)cc1NC(=O)COC(=O)c1cc(Cl)cc(Cl)c1N. The molecule has 0 aliphatic heterocycles. The number of anilines is 2. The van der Waals surface area contributed by atoms with Gasteiger partial charge in [-0.2, -0.15) is 0 Å². The van der Waals surface area contributed by atoms with Gasteiger partial charge in [-0.15, -0.1) is 0 Å². The third-order valence-electron chi connectivity index (χ3n) is 3.12. The first-order valence-electron chi connectivity index (χ1n) is 6.75. The van der Waals surface area contributed by atoms with Gasteiger partial charge in [-0.05, 0) is 36.8 Å². The van der Waals surface area contributed by atoms with E-state index in [-0.39, 0.29) is 21.3 Å². The van der Waals surface area contributed by atoms with Crippen LogP contribution >= 0.6 is 34.8 Å². The average Bonchev–Trinajstić information content (AvgIpc) is 2.52. The minimum atomic E-state index is -0.796. The Bertz CT molecular complexity index is 809. The summed E-state index contributed by atoms with van der Waals surface area (Å²) in [6.07, 6.45) is 0. The second kappa shape index (κ2) is 7.75. The zero-order valence-electron chi connectivity index (χ0n) is 12.5. The van der Waals surface area contributed by atoms with E-state index in [9.17, 15) is 9.59 Å². The molecule has 1 amide bonds. The summed E-state index contributed by atoms with van der Waals surface area (Å²) in [5.74, 6) is -1.31. The Morgan fingerprint density at radius 3 is 2.54 bits per heavy atom. The fourth-order valence-electron chi connectivity index (χ4n) is 1.88. The molecule has 2 rings (SSSR count). The Hall–Kier alpha value is -1.95. The number of ether oxygens (including phenoxy) is 1. The average molecular weight is 388 g/mol. The molecule has 0 saturated heterocycles. The molecule has 0 bridgehead atoms. The molecular formula is C16H13Cl3N2O3. The van der Waals surface area contributed by atoms with Crippen molar-refractivity contribution in [1.29, 1.82) is 0 Å². The van der Waals surface area contributed by atoms with E-state index in [0.717, 1.165) is 5.56 Å². The highest BCUT2D eigenvalue weighted by atomic mass is 35.5. The summed E-state index contributed by atoms with van der Waals surface area (Å²) < 4.78 is 4.94. The smallest absolute Gasteiger partial charge is 0.340 e. The molecule has 3 N–H and O–H groups in total. The summed E-state index contributed by atoms with van der Waals surface area (Å²) in [4.78, 5) is 23.9. The van der Waals surface area contributed by atoms with Crippen LogP contribution in [-0.2, 0) is 9.53 Å². The van der Waals surface area contributed by atoms with Gasteiger partial charge in [0.1, 0.15) is 0 Å². The fourth-order valence-corrected chi connectivity index (χ4v) is 2.54. The Balaban J connectivity index is 2.01. The van der Waals surface area contributed by atoms with Crippen molar-refractivity contribution in [3.63, 3.8) is 0 Å². The first-order chi connectivity index (χ1) is 11.3. The number of hydrogen-bond acceptors (Lipinski definition) is 4. The number of aryl methyl sites for hydroxylation is 1. The van der Waals surface area contributed by atoms with Crippen molar-refractivity contribution < 1.29 is 14.3 Å². The lowest BCUT2D eigenvalue weighted by atomic mass is 10.2. The highest BCUT2D eigenvalue weighted by Crippen LogP contribution is 2.28. The van der Waals surface area contributed by atoms with E-state index in [0.29, 0.717) is 10.7 Å². The maximum Gasteiger partial charge on any atom is 0.340 e. The van der Waals surface area contributed by atoms with Crippen LogP contribution in [0, 0.1) is 6.92 Å². The van der Waals surface area contributed by atoms with E-state index < -0.39 is 18.5 Å². The van der Waals surface area contributed by atoms with Crippen LogP contribution in [0.2, 0.25) is 15.1 Å². The number of nitrogen functional groups attached to an aromatic ring is 1. The predicted octanol–water partition coefficient (Wildman–Crippen LogP) is 4.33. The quantitative estimate of drug-likeness (QED) is 0.604. The molecule has 5 nitrogen and oxygen atoms in total. The van der Waals surface area contributed by atoms with Gasteiger partial charge in [-0.3, -0.25) is 4.79 Å². The van der Waals surface area contributed by atoms with Gasteiger partial charge < -0.3 is 15.8 Å². The second-order valence-electron chi connectivity index (χ2n) is 4.93. The third kappa shape index (κ3) is 4.54. The molecule has 0 unspecified atom stereocenters. The van der Waals surface area contributed by atoms with Crippen molar-refractivity contribution >= 4 is 58.1 Å². The van der Waals surface area contributed by atoms with Crippen molar-refractivity contribution in [2.24, 2.45) is 0 Å². The number of hydrogen-bond donors (Lipinski definition) is 2. The molecule has 0 saturated carbocycles. The van der Waals surface area contributed by atoms with Gasteiger partial charge in [0.2, 0.25) is 0 Å². The molecule has 24 heavy (non-hydrogen) atoms. The van der Waals surface area contributed by atoms with Crippen LogP contribution in [-0.4, -0.2) is 18.5 Å². The zero-order chi connectivity index (χ0) is 17.9. The van der Waals surface area contributed by atoms with E-state index in [1.54, 1.807) is 18.2 Å². The number of carbonyl (C=O) groups excluding carboxylic acids is 2. The van der Waals surface area contributed by atoms with Crippen LogP contribution < -0.4 is 11.1 Å². The van der Waals surface area contributed by atoms with Gasteiger partial charge in [0.25, 0.3) is 5.91 Å². The van der Waals surface area contributed by atoms with Crippen LogP contribution in [0.25, 0.3) is 0 Å². The van der Waals surface area contributed by atoms with Crippen molar-refractivity contribution in [2.75, 3.05) is 17.7 Å². The second-order valence-corrected chi connectivity index (χ2v) is 6.21. The molecule has 0 heterocycles. The molecule has 0 fully saturated rings. The maximum absolute atomic E-state index is 12.0. The van der Waals surface area contributed by atoms with Gasteiger partial charge in [0.15, 0.2) is 6.61 Å². The molecule has 8 heteroatoms. The molecule has 2 aromatic rings. The number of nitrogens with one attached hydrogen (secondary N) is 1. The molecule has 2 aromatic carbocycles. The lowest BCUT2D eigenvalue weighted by Gasteiger charge is -2.11. The maximum atomic E-state index is 12.0. The lowest BCUT2D eigenvalue weighted by molar-refractivity contribution is -0.119. The summed E-state index contributed by atoms with van der Waals surface area (Å²) in [6, 6.07) is 7.80. The summed E-state index contributed by atoms with van der Waals surface area (Å²) in [7, 11) is 0. The van der Waals surface area contributed by atoms with Crippen LogP contribution in [0.1, 0.15) is 15.9 Å². The van der Waals surface area contributed by atoms with Crippen molar-refractivity contribution in [3.05, 3.63) is 56.5 Å². The third-order valence-corrected chi connectivity index (χ3v) is 3.89. The molecular weight excluding hydrogens is 375 g/mol. The number of carbonyl (C=O) groups is 2. The zero-order valence-corrected chi connectivity index (χ0v) is 14.8. The largest absolute Gasteiger partial charge is 0.452 e. The van der Waals surface area contributed by atoms with Crippen LogP contribution in [0.3, 0.4) is 0 Å². The molecule has 0 spiro atoms. The summed E-state index contributed by atoms with van der Waals surface area (Å²) >= 11 is 17.6. The van der Waals surface area contributed by atoms with Gasteiger partial charge in [0.05, 0.1) is 16.3 Å². The highest BCUT2D eigenvalue weighted by Gasteiger charge is 2.17. The van der Waals surface area contributed by atoms with E-state index in [2.05, 4.69) is 5.32 Å². The molecule has 0 aliphatic rings. The summed E-state index contributed by atoms with van der Waals surface area (Å²) in [6.45, 7) is 1.32.